The first-order valence-electron chi connectivity index (χ1n) is 22.5. The van der Waals surface area contributed by atoms with E-state index in [2.05, 4.69) is 27.7 Å². The summed E-state index contributed by atoms with van der Waals surface area (Å²) in [4.78, 5) is 25.7. The number of esters is 2. The molecular weight excluding hydrogens is 620 g/mol. The maximum Gasteiger partial charge on any atom is 0.308 e. The molecule has 0 aliphatic heterocycles. The third-order valence-electron chi connectivity index (χ3n) is 10.6. The topological polar surface area (TPSA) is 72.8 Å². The lowest BCUT2D eigenvalue weighted by molar-refractivity contribution is -0.150. The van der Waals surface area contributed by atoms with E-state index in [1.54, 1.807) is 0 Å². The van der Waals surface area contributed by atoms with E-state index in [0.29, 0.717) is 13.2 Å². The van der Waals surface area contributed by atoms with E-state index >= 15 is 0 Å². The van der Waals surface area contributed by atoms with Crippen LogP contribution < -0.4 is 0 Å². The molecule has 0 radical (unpaired) electrons. The van der Waals surface area contributed by atoms with Gasteiger partial charge < -0.3 is 14.6 Å². The first kappa shape index (κ1) is 48.9. The van der Waals surface area contributed by atoms with Gasteiger partial charge in [-0.05, 0) is 51.4 Å². The highest BCUT2D eigenvalue weighted by Crippen LogP contribution is 2.22. The van der Waals surface area contributed by atoms with E-state index in [9.17, 15) is 14.7 Å². The van der Waals surface area contributed by atoms with E-state index in [-0.39, 0.29) is 29.9 Å². The average molecular weight is 709 g/mol. The molecule has 0 aromatic rings. The number of hydrogen-bond donors (Lipinski definition) is 1. The number of aliphatic hydroxyl groups is 1. The van der Waals surface area contributed by atoms with Crippen molar-refractivity contribution < 1.29 is 24.2 Å². The van der Waals surface area contributed by atoms with Crippen molar-refractivity contribution in [2.75, 3.05) is 13.2 Å². The van der Waals surface area contributed by atoms with Crippen LogP contribution in [0.5, 0.6) is 0 Å². The Bertz CT molecular complexity index is 652. The van der Waals surface area contributed by atoms with Crippen molar-refractivity contribution in [2.24, 2.45) is 11.8 Å². The van der Waals surface area contributed by atoms with E-state index in [1.807, 2.05) is 0 Å². The maximum atomic E-state index is 12.8. The van der Waals surface area contributed by atoms with E-state index in [1.165, 1.54) is 103 Å². The molecule has 0 aromatic heterocycles. The molecule has 0 saturated heterocycles. The van der Waals surface area contributed by atoms with Crippen molar-refractivity contribution in [3.8, 4) is 0 Å². The third kappa shape index (κ3) is 32.8. The SMILES string of the molecule is CCCCCCCCC(CCCCCC)C(=O)OCCCCCCC(O)CCCCCCOC(=O)C(CCCCCC)CCCCCCCC. The highest BCUT2D eigenvalue weighted by Gasteiger charge is 2.20. The first-order valence-corrected chi connectivity index (χ1v) is 22.5. The second-order valence-corrected chi connectivity index (χ2v) is 15.6. The molecule has 0 fully saturated rings. The molecule has 2 atom stereocenters. The summed E-state index contributed by atoms with van der Waals surface area (Å²) in [6, 6.07) is 0. The van der Waals surface area contributed by atoms with Crippen molar-refractivity contribution in [1.82, 2.24) is 0 Å². The Hall–Kier alpha value is -1.10. The number of unbranched alkanes of at least 4 members (excludes halogenated alkanes) is 22. The molecule has 0 rings (SSSR count). The number of hydrogen-bond acceptors (Lipinski definition) is 5. The quantitative estimate of drug-likeness (QED) is 0.0507. The zero-order valence-corrected chi connectivity index (χ0v) is 34.3. The molecule has 0 aliphatic carbocycles. The van der Waals surface area contributed by atoms with Gasteiger partial charge in [-0.2, -0.15) is 0 Å². The van der Waals surface area contributed by atoms with Gasteiger partial charge in [0, 0.05) is 0 Å². The predicted octanol–water partition coefficient (Wildman–Crippen LogP) is 14.0. The molecule has 2 unspecified atom stereocenters. The first-order chi connectivity index (χ1) is 24.5. The van der Waals surface area contributed by atoms with E-state index < -0.39 is 0 Å². The van der Waals surface area contributed by atoms with Crippen molar-refractivity contribution in [3.05, 3.63) is 0 Å². The lowest BCUT2D eigenvalue weighted by atomic mass is 9.94. The van der Waals surface area contributed by atoms with Crippen LogP contribution in [-0.2, 0) is 19.1 Å². The largest absolute Gasteiger partial charge is 0.465 e. The van der Waals surface area contributed by atoms with Crippen molar-refractivity contribution in [3.63, 3.8) is 0 Å². The van der Waals surface area contributed by atoms with E-state index in [0.717, 1.165) is 116 Å². The minimum atomic E-state index is -0.225. The highest BCUT2D eigenvalue weighted by molar-refractivity contribution is 5.72. The third-order valence-corrected chi connectivity index (χ3v) is 10.6. The van der Waals surface area contributed by atoms with Crippen LogP contribution in [0.15, 0.2) is 0 Å². The van der Waals surface area contributed by atoms with Gasteiger partial charge in [0.25, 0.3) is 0 Å². The minimum Gasteiger partial charge on any atom is -0.465 e. The highest BCUT2D eigenvalue weighted by atomic mass is 16.5. The predicted molar refractivity (Wildman–Crippen MR) is 215 cm³/mol. The molecule has 0 heterocycles. The van der Waals surface area contributed by atoms with Crippen LogP contribution in [0.25, 0.3) is 0 Å². The number of carbonyl (C=O) groups is 2. The molecule has 50 heavy (non-hydrogen) atoms. The van der Waals surface area contributed by atoms with Gasteiger partial charge in [-0.15, -0.1) is 0 Å². The van der Waals surface area contributed by atoms with Gasteiger partial charge in [0.15, 0.2) is 0 Å². The van der Waals surface area contributed by atoms with Gasteiger partial charge >= 0.3 is 11.9 Å². The van der Waals surface area contributed by atoms with Crippen LogP contribution in [0.4, 0.5) is 0 Å². The maximum absolute atomic E-state index is 12.8. The van der Waals surface area contributed by atoms with Gasteiger partial charge in [-0.25, -0.2) is 0 Å². The lowest BCUT2D eigenvalue weighted by Gasteiger charge is -2.16. The number of carbonyl (C=O) groups excluding carboxylic acids is 2. The molecule has 0 amide bonds. The summed E-state index contributed by atoms with van der Waals surface area (Å²) < 4.78 is 11.5. The van der Waals surface area contributed by atoms with Crippen LogP contribution in [-0.4, -0.2) is 36.4 Å². The molecule has 298 valence electrons. The molecule has 0 saturated carbocycles. The normalized spacial score (nSPS) is 13.3. The number of aliphatic hydroxyl groups excluding tert-OH is 1. The van der Waals surface area contributed by atoms with Gasteiger partial charge in [0.1, 0.15) is 0 Å². The number of ether oxygens (including phenoxy) is 2. The molecule has 1 N–H and O–H groups in total. The van der Waals surface area contributed by atoms with Gasteiger partial charge in [-0.3, -0.25) is 9.59 Å². The second-order valence-electron chi connectivity index (χ2n) is 15.6. The fourth-order valence-electron chi connectivity index (χ4n) is 7.13. The lowest BCUT2D eigenvalue weighted by Crippen LogP contribution is -2.18. The van der Waals surface area contributed by atoms with Crippen LogP contribution in [0.3, 0.4) is 0 Å². The van der Waals surface area contributed by atoms with Crippen LogP contribution in [0, 0.1) is 11.8 Å². The fourth-order valence-corrected chi connectivity index (χ4v) is 7.13. The van der Waals surface area contributed by atoms with Crippen LogP contribution >= 0.6 is 0 Å². The van der Waals surface area contributed by atoms with Crippen molar-refractivity contribution >= 4 is 11.9 Å². The molecule has 5 heteroatoms. The van der Waals surface area contributed by atoms with Gasteiger partial charge in [0.2, 0.25) is 0 Å². The zero-order valence-electron chi connectivity index (χ0n) is 34.3. The number of rotatable bonds is 40. The smallest absolute Gasteiger partial charge is 0.308 e. The Morgan fingerprint density at radius 3 is 0.920 bits per heavy atom. The van der Waals surface area contributed by atoms with Crippen molar-refractivity contribution in [2.45, 2.75) is 252 Å². The Labute approximate surface area is 312 Å². The standard InChI is InChI=1S/C45H88O5/c1-5-9-13-17-19-27-35-41(33-25-15-11-7-3)44(47)49-39-31-23-21-29-37-43(46)38-30-22-24-32-40-50-45(48)42(34-26-16-12-8-4)36-28-20-18-14-10-6-2/h41-43,46H,5-40H2,1-4H3. The Balaban J connectivity index is 4.00. The van der Waals surface area contributed by atoms with Crippen LogP contribution in [0.2, 0.25) is 0 Å². The van der Waals surface area contributed by atoms with Gasteiger partial charge in [-0.1, -0.05) is 195 Å². The van der Waals surface area contributed by atoms with Crippen molar-refractivity contribution in [1.29, 1.82) is 0 Å². The monoisotopic (exact) mass is 709 g/mol. The molecule has 0 aromatic carbocycles. The Morgan fingerprint density at radius 2 is 0.600 bits per heavy atom. The second kappa shape index (κ2) is 39.1. The Kier molecular flexibility index (Phi) is 38.3. The summed E-state index contributed by atoms with van der Waals surface area (Å²) in [5, 5.41) is 10.5. The summed E-state index contributed by atoms with van der Waals surface area (Å²) in [6.45, 7) is 10.0. The summed E-state index contributed by atoms with van der Waals surface area (Å²) in [7, 11) is 0. The fraction of sp³-hybridized carbons (Fsp3) is 0.956. The molecule has 0 aliphatic rings. The summed E-state index contributed by atoms with van der Waals surface area (Å²) >= 11 is 0. The van der Waals surface area contributed by atoms with E-state index in [4.69, 9.17) is 9.47 Å². The van der Waals surface area contributed by atoms with Gasteiger partial charge in [0.05, 0.1) is 31.2 Å². The molecule has 0 bridgehead atoms. The summed E-state index contributed by atoms with van der Waals surface area (Å²) in [5.41, 5.74) is 0. The Morgan fingerprint density at radius 1 is 0.360 bits per heavy atom. The van der Waals surface area contributed by atoms with Crippen LogP contribution in [0.1, 0.15) is 246 Å². The summed E-state index contributed by atoms with van der Waals surface area (Å²) in [6.07, 6.45) is 38.4. The minimum absolute atomic E-state index is 0.0362. The molecule has 5 nitrogen and oxygen atoms in total. The zero-order chi connectivity index (χ0) is 36.8. The molecule has 0 spiro atoms. The average Bonchev–Trinajstić information content (AvgIpc) is 3.11. The molecular formula is C45H88O5. The summed E-state index contributed by atoms with van der Waals surface area (Å²) in [5.74, 6) is 0.240.